The highest BCUT2D eigenvalue weighted by atomic mass is 79.9. The largest absolute Gasteiger partial charge is 0.543 e. The van der Waals surface area contributed by atoms with Crippen molar-refractivity contribution in [3.63, 3.8) is 0 Å². The lowest BCUT2D eigenvalue weighted by Crippen LogP contribution is -2.44. The second kappa shape index (κ2) is 12.1. The van der Waals surface area contributed by atoms with Crippen molar-refractivity contribution < 1.29 is 28.0 Å². The third kappa shape index (κ3) is 6.89. The maximum atomic E-state index is 12.9. The van der Waals surface area contributed by atoms with Gasteiger partial charge in [-0.25, -0.2) is 9.59 Å². The van der Waals surface area contributed by atoms with E-state index in [1.54, 1.807) is 13.0 Å². The van der Waals surface area contributed by atoms with Gasteiger partial charge in [0.25, 0.3) is 5.89 Å². The monoisotopic (exact) mass is 620 g/mol. The Bertz CT molecular complexity index is 1110. The molecule has 0 saturated heterocycles. The fourth-order valence-electron chi connectivity index (χ4n) is 2.90. The lowest BCUT2D eigenvalue weighted by Gasteiger charge is -2.37. The lowest BCUT2D eigenvalue weighted by molar-refractivity contribution is 0.0598. The Morgan fingerprint density at radius 3 is 2.42 bits per heavy atom. The molecule has 2 N–H and O–H groups in total. The Hall–Kier alpha value is -1.90. The summed E-state index contributed by atoms with van der Waals surface area (Å²) in [5.74, 6) is 1.72. The number of primary amides is 1. The average molecular weight is 622 g/mol. The van der Waals surface area contributed by atoms with Gasteiger partial charge in [-0.1, -0.05) is 38.7 Å². The Labute approximate surface area is 230 Å². The number of esters is 1. The van der Waals surface area contributed by atoms with Crippen LogP contribution in [0.5, 0.6) is 11.5 Å². The first-order valence-electron chi connectivity index (χ1n) is 11.0. The van der Waals surface area contributed by atoms with Crippen LogP contribution < -0.4 is 14.9 Å². The van der Waals surface area contributed by atoms with Crippen LogP contribution in [0.3, 0.4) is 0 Å². The van der Waals surface area contributed by atoms with Gasteiger partial charge >= 0.3 is 12.0 Å². The number of ether oxygens (including phenoxy) is 2. The maximum Gasteiger partial charge on any atom is 0.339 e. The molecule has 0 bridgehead atoms. The second-order valence-electron chi connectivity index (χ2n) is 9.49. The molecule has 36 heavy (non-hydrogen) atoms. The standard InChI is InChI=1S/C22H33BrN4O6S2Si/c1-12-25-19(32-26-12)14(27(34)21(24)29)11-35-10-13-15(33-36(7,8)22(2,3)4)9-16(30-5)18(23)17(13)20(28)31-6/h9,14,34H,10-11H2,1-8H3,(H2,24,29)/t14-/m0/s1. The number of aromatic nitrogens is 2. The van der Waals surface area contributed by atoms with Crippen molar-refractivity contribution in [1.29, 1.82) is 0 Å². The van der Waals surface area contributed by atoms with Crippen LogP contribution in [0.2, 0.25) is 18.1 Å². The summed E-state index contributed by atoms with van der Waals surface area (Å²) in [5, 5.41) is 3.71. The zero-order valence-corrected chi connectivity index (χ0v) is 26.0. The van der Waals surface area contributed by atoms with E-state index in [9.17, 15) is 9.59 Å². The summed E-state index contributed by atoms with van der Waals surface area (Å²) in [4.78, 5) is 28.9. The zero-order chi connectivity index (χ0) is 27.4. The van der Waals surface area contributed by atoms with E-state index in [1.165, 1.54) is 26.0 Å². The minimum atomic E-state index is -2.29. The van der Waals surface area contributed by atoms with Gasteiger partial charge in [0.1, 0.15) is 17.5 Å². The van der Waals surface area contributed by atoms with E-state index in [-0.39, 0.29) is 10.9 Å². The molecule has 0 fully saturated rings. The van der Waals surface area contributed by atoms with Crippen molar-refractivity contribution in [1.82, 2.24) is 14.4 Å². The SMILES string of the molecule is COC(=O)c1c(Br)c(OC)cc(O[Si](C)(C)C(C)(C)C)c1CSC[C@@H](c1nc(C)no1)N(S)C(N)=O. The van der Waals surface area contributed by atoms with Crippen LogP contribution in [-0.4, -0.2) is 54.7 Å². The van der Waals surface area contributed by atoms with Gasteiger partial charge in [0.15, 0.2) is 5.82 Å². The molecule has 0 aliphatic carbocycles. The minimum absolute atomic E-state index is 0.0852. The Morgan fingerprint density at radius 2 is 1.94 bits per heavy atom. The lowest BCUT2D eigenvalue weighted by atomic mass is 10.1. The third-order valence-electron chi connectivity index (χ3n) is 5.95. The van der Waals surface area contributed by atoms with Gasteiger partial charge in [0.2, 0.25) is 8.32 Å². The number of thiol groups is 1. The summed E-state index contributed by atoms with van der Waals surface area (Å²) in [6.45, 7) is 12.3. The number of carbonyl (C=O) groups is 2. The first-order chi connectivity index (χ1) is 16.6. The highest BCUT2D eigenvalue weighted by Crippen LogP contribution is 2.44. The number of urea groups is 1. The van der Waals surface area contributed by atoms with Crippen LogP contribution in [0.1, 0.15) is 54.4 Å². The van der Waals surface area contributed by atoms with Crippen LogP contribution in [0.25, 0.3) is 0 Å². The number of aryl methyl sites for hydroxylation is 1. The molecule has 10 nitrogen and oxygen atoms in total. The Balaban J connectivity index is 2.51. The molecule has 1 aromatic carbocycles. The van der Waals surface area contributed by atoms with Gasteiger partial charge in [-0.15, -0.1) is 0 Å². The number of benzene rings is 1. The molecule has 1 atom stereocenters. The number of carbonyl (C=O) groups excluding carboxylic acids is 2. The van der Waals surface area contributed by atoms with Crippen molar-refractivity contribution >= 4 is 60.8 Å². The van der Waals surface area contributed by atoms with E-state index >= 15 is 0 Å². The highest BCUT2D eigenvalue weighted by molar-refractivity contribution is 9.10. The number of amides is 2. The van der Waals surface area contributed by atoms with Gasteiger partial charge < -0.3 is 24.2 Å². The molecule has 0 spiro atoms. The van der Waals surface area contributed by atoms with Gasteiger partial charge in [-0.3, -0.25) is 4.31 Å². The van der Waals surface area contributed by atoms with E-state index in [0.717, 1.165) is 4.31 Å². The van der Waals surface area contributed by atoms with E-state index in [2.05, 4.69) is 72.8 Å². The molecule has 2 aromatic rings. The number of methoxy groups -OCH3 is 2. The van der Waals surface area contributed by atoms with Gasteiger partial charge in [0.05, 0.1) is 24.3 Å². The number of nitrogens with two attached hydrogens (primary N) is 1. The fourth-order valence-corrected chi connectivity index (χ4v) is 6.03. The maximum absolute atomic E-state index is 12.9. The smallest absolute Gasteiger partial charge is 0.339 e. The molecule has 2 rings (SSSR count). The van der Waals surface area contributed by atoms with Crippen molar-refractivity contribution in [3.8, 4) is 11.5 Å². The molecular formula is C22H33BrN4O6S2Si. The summed E-state index contributed by atoms with van der Waals surface area (Å²) in [6, 6.07) is 0.328. The van der Waals surface area contributed by atoms with E-state index in [1.807, 2.05) is 0 Å². The number of nitrogens with zero attached hydrogens (tertiary/aromatic N) is 3. The summed E-state index contributed by atoms with van der Waals surface area (Å²) in [5.41, 5.74) is 6.39. The van der Waals surface area contributed by atoms with Gasteiger partial charge in [0, 0.05) is 23.1 Å². The fraction of sp³-hybridized carbons (Fsp3) is 0.545. The number of rotatable bonds is 10. The van der Waals surface area contributed by atoms with E-state index in [0.29, 0.717) is 44.4 Å². The average Bonchev–Trinajstić information content (AvgIpc) is 3.22. The van der Waals surface area contributed by atoms with Crippen LogP contribution in [0.4, 0.5) is 4.79 Å². The summed E-state index contributed by atoms with van der Waals surface area (Å²) < 4.78 is 24.0. The number of halogens is 1. The van der Waals surface area contributed by atoms with Crippen molar-refractivity contribution in [2.24, 2.45) is 5.73 Å². The molecule has 0 radical (unpaired) electrons. The Kier molecular flexibility index (Phi) is 10.2. The molecule has 14 heteroatoms. The topological polar surface area (TPSA) is 130 Å². The molecule has 1 aromatic heterocycles. The molecule has 0 unspecified atom stereocenters. The molecule has 200 valence electrons. The molecule has 1 heterocycles. The number of thioether (sulfide) groups is 1. The van der Waals surface area contributed by atoms with Gasteiger partial charge in [-0.2, -0.15) is 16.7 Å². The van der Waals surface area contributed by atoms with Crippen molar-refractivity contribution in [3.05, 3.63) is 33.4 Å². The number of hydrogen-bond donors (Lipinski definition) is 2. The number of hydrogen-bond acceptors (Lipinski definition) is 10. The second-order valence-corrected chi connectivity index (χ2v) is 16.5. The summed E-state index contributed by atoms with van der Waals surface area (Å²) in [6.07, 6.45) is 0. The van der Waals surface area contributed by atoms with Crippen LogP contribution in [0, 0.1) is 6.92 Å². The van der Waals surface area contributed by atoms with Crippen molar-refractivity contribution in [2.45, 2.75) is 57.6 Å². The van der Waals surface area contributed by atoms with Gasteiger partial charge in [-0.05, 0) is 41.0 Å². The molecule has 0 aliphatic heterocycles. The van der Waals surface area contributed by atoms with Crippen LogP contribution >= 0.6 is 40.5 Å². The predicted molar refractivity (Wildman–Crippen MR) is 148 cm³/mol. The van der Waals surface area contributed by atoms with E-state index < -0.39 is 26.4 Å². The molecular weight excluding hydrogens is 588 g/mol. The molecule has 0 aliphatic rings. The van der Waals surface area contributed by atoms with E-state index in [4.69, 9.17) is 24.2 Å². The van der Waals surface area contributed by atoms with Crippen molar-refractivity contribution in [2.75, 3.05) is 20.0 Å². The Morgan fingerprint density at radius 1 is 1.31 bits per heavy atom. The minimum Gasteiger partial charge on any atom is -0.543 e. The van der Waals surface area contributed by atoms with Crippen LogP contribution in [0.15, 0.2) is 15.1 Å². The quantitative estimate of drug-likeness (QED) is 0.200. The predicted octanol–water partition coefficient (Wildman–Crippen LogP) is 5.52. The molecule has 0 saturated carbocycles. The highest BCUT2D eigenvalue weighted by Gasteiger charge is 2.40. The zero-order valence-electron chi connectivity index (χ0n) is 21.7. The first kappa shape index (κ1) is 30.3. The summed E-state index contributed by atoms with van der Waals surface area (Å²) >= 11 is 9.13. The molecule has 2 amide bonds. The first-order valence-corrected chi connectivity index (χ1v) is 16.2. The summed E-state index contributed by atoms with van der Waals surface area (Å²) in [7, 11) is 0.551. The van der Waals surface area contributed by atoms with Crippen LogP contribution in [-0.2, 0) is 10.5 Å². The third-order valence-corrected chi connectivity index (χ3v) is 12.6. The normalized spacial score (nSPS) is 12.7.